The highest BCUT2D eigenvalue weighted by Gasteiger charge is 2.29. The van der Waals surface area contributed by atoms with Gasteiger partial charge >= 0.3 is 0 Å². The highest BCUT2D eigenvalue weighted by Crippen LogP contribution is 2.33. The number of anilines is 2. The van der Waals surface area contributed by atoms with Crippen molar-refractivity contribution in [2.45, 2.75) is 4.90 Å². The Labute approximate surface area is 211 Å². The molecule has 0 atom stereocenters. The van der Waals surface area contributed by atoms with Gasteiger partial charge in [0, 0.05) is 21.8 Å². The number of hydrogen-bond donors (Lipinski definition) is 1. The summed E-state index contributed by atoms with van der Waals surface area (Å²) in [7, 11) is -1.58. The number of carbonyl (C=O) groups excluding carboxylic acids is 1. The predicted octanol–water partition coefficient (Wildman–Crippen LogP) is 5.64. The summed E-state index contributed by atoms with van der Waals surface area (Å²) in [5.74, 6) is -0.971. The van der Waals surface area contributed by atoms with Crippen LogP contribution in [0.4, 0.5) is 15.8 Å². The average molecular weight is 548 g/mol. The monoisotopic (exact) mass is 546 g/mol. The molecule has 0 spiro atoms. The molecule has 0 aliphatic rings. The first-order valence-corrected chi connectivity index (χ1v) is 12.1. The van der Waals surface area contributed by atoms with E-state index in [9.17, 15) is 17.6 Å². The van der Waals surface area contributed by atoms with Gasteiger partial charge in [0.15, 0.2) is 11.5 Å². The number of halogens is 4. The Hall–Kier alpha value is -2.72. The molecule has 0 bridgehead atoms. The summed E-state index contributed by atoms with van der Waals surface area (Å²) in [5, 5.41) is 2.80. The van der Waals surface area contributed by atoms with Crippen LogP contribution in [0.25, 0.3) is 0 Å². The van der Waals surface area contributed by atoms with E-state index in [0.29, 0.717) is 5.75 Å². The average Bonchev–Trinajstić information content (AvgIpc) is 2.78. The van der Waals surface area contributed by atoms with Crippen LogP contribution in [0.15, 0.2) is 59.5 Å². The van der Waals surface area contributed by atoms with Crippen LogP contribution in [0.2, 0.25) is 15.1 Å². The minimum Gasteiger partial charge on any atom is -0.493 e. The molecular weight excluding hydrogens is 530 g/mol. The lowest BCUT2D eigenvalue weighted by Gasteiger charge is -2.25. The fourth-order valence-electron chi connectivity index (χ4n) is 3.02. The largest absolute Gasteiger partial charge is 0.493 e. The van der Waals surface area contributed by atoms with E-state index in [0.717, 1.165) is 16.4 Å². The van der Waals surface area contributed by atoms with Crippen molar-refractivity contribution in [2.24, 2.45) is 0 Å². The van der Waals surface area contributed by atoms with Gasteiger partial charge in [0.2, 0.25) is 5.91 Å². The standard InChI is InChI=1S/C22H18Cl3FN2O5S/c1-32-20-6-4-17(11-21(20)33-2)34(30,31)28(16-3-5-19(26)18(25)10-16)12-22(29)27-15-8-13(23)7-14(24)9-15/h3-11H,12H2,1-2H3,(H,27,29). The van der Waals surface area contributed by atoms with Gasteiger partial charge in [0.05, 0.1) is 29.8 Å². The molecule has 34 heavy (non-hydrogen) atoms. The third kappa shape index (κ3) is 5.85. The summed E-state index contributed by atoms with van der Waals surface area (Å²) in [6.07, 6.45) is 0. The van der Waals surface area contributed by atoms with Crippen molar-refractivity contribution < 1.29 is 27.1 Å². The van der Waals surface area contributed by atoms with Crippen molar-refractivity contribution in [3.63, 3.8) is 0 Å². The third-order valence-corrected chi connectivity index (χ3v) is 7.06. The number of carbonyl (C=O) groups is 1. The maximum Gasteiger partial charge on any atom is 0.264 e. The second kappa shape index (κ2) is 10.7. The van der Waals surface area contributed by atoms with E-state index >= 15 is 0 Å². The fourth-order valence-corrected chi connectivity index (χ4v) is 5.15. The van der Waals surface area contributed by atoms with Crippen LogP contribution < -0.4 is 19.1 Å². The Morgan fingerprint density at radius 3 is 2.18 bits per heavy atom. The molecule has 7 nitrogen and oxygen atoms in total. The van der Waals surface area contributed by atoms with Gasteiger partial charge < -0.3 is 14.8 Å². The SMILES string of the molecule is COc1ccc(S(=O)(=O)N(CC(=O)Nc2cc(Cl)cc(Cl)c2)c2ccc(F)c(Cl)c2)cc1OC. The maximum absolute atomic E-state index is 13.8. The Morgan fingerprint density at radius 1 is 0.941 bits per heavy atom. The zero-order chi connectivity index (χ0) is 25.0. The second-order valence-corrected chi connectivity index (χ2v) is 9.98. The number of nitrogens with one attached hydrogen (secondary N) is 1. The summed E-state index contributed by atoms with van der Waals surface area (Å²) >= 11 is 17.8. The number of methoxy groups -OCH3 is 2. The molecule has 3 aromatic carbocycles. The Morgan fingerprint density at radius 2 is 1.59 bits per heavy atom. The van der Waals surface area contributed by atoms with Crippen LogP contribution in [0, 0.1) is 5.82 Å². The Kier molecular flexibility index (Phi) is 8.14. The van der Waals surface area contributed by atoms with Crippen LogP contribution in [0.1, 0.15) is 0 Å². The molecule has 0 aliphatic carbocycles. The van der Waals surface area contributed by atoms with Gasteiger partial charge in [-0.3, -0.25) is 9.10 Å². The molecule has 0 heterocycles. The van der Waals surface area contributed by atoms with Gasteiger partial charge in [-0.25, -0.2) is 12.8 Å². The molecule has 3 rings (SSSR count). The van der Waals surface area contributed by atoms with E-state index < -0.39 is 28.3 Å². The minimum absolute atomic E-state index is 0.0274. The van der Waals surface area contributed by atoms with Crippen molar-refractivity contribution in [1.82, 2.24) is 0 Å². The third-order valence-electron chi connectivity index (χ3n) is 4.57. The van der Waals surface area contributed by atoms with Gasteiger partial charge in [-0.2, -0.15) is 0 Å². The highest BCUT2D eigenvalue weighted by molar-refractivity contribution is 7.92. The van der Waals surface area contributed by atoms with Crippen molar-refractivity contribution in [3.8, 4) is 11.5 Å². The molecule has 0 radical (unpaired) electrons. The van der Waals surface area contributed by atoms with Gasteiger partial charge in [-0.05, 0) is 48.5 Å². The van der Waals surface area contributed by atoms with Gasteiger partial charge in [-0.1, -0.05) is 34.8 Å². The molecular formula is C22H18Cl3FN2O5S. The maximum atomic E-state index is 13.8. The number of sulfonamides is 1. The Balaban J connectivity index is 2.03. The van der Waals surface area contributed by atoms with Gasteiger partial charge in [-0.15, -0.1) is 0 Å². The van der Waals surface area contributed by atoms with Crippen LogP contribution in [-0.2, 0) is 14.8 Å². The summed E-state index contributed by atoms with van der Waals surface area (Å²) < 4.78 is 52.0. The summed E-state index contributed by atoms with van der Waals surface area (Å²) in [4.78, 5) is 12.6. The molecule has 0 aliphatic heterocycles. The fraction of sp³-hybridized carbons (Fsp3) is 0.136. The molecule has 1 amide bonds. The van der Waals surface area contributed by atoms with Gasteiger partial charge in [0.1, 0.15) is 12.4 Å². The van der Waals surface area contributed by atoms with Crippen LogP contribution in [0.3, 0.4) is 0 Å². The minimum atomic E-state index is -4.34. The summed E-state index contributed by atoms with van der Waals surface area (Å²) in [6.45, 7) is -0.664. The van der Waals surface area contributed by atoms with E-state index in [1.165, 1.54) is 56.7 Å². The van der Waals surface area contributed by atoms with Crippen molar-refractivity contribution in [3.05, 3.63) is 75.5 Å². The van der Waals surface area contributed by atoms with Gasteiger partial charge in [0.25, 0.3) is 10.0 Å². The van der Waals surface area contributed by atoms with Crippen LogP contribution in [0.5, 0.6) is 11.5 Å². The normalized spacial score (nSPS) is 11.1. The number of hydrogen-bond acceptors (Lipinski definition) is 5. The predicted molar refractivity (Wildman–Crippen MR) is 131 cm³/mol. The van der Waals surface area contributed by atoms with Crippen molar-refractivity contribution in [1.29, 1.82) is 0 Å². The zero-order valence-electron chi connectivity index (χ0n) is 17.8. The summed E-state index contributed by atoms with van der Waals surface area (Å²) in [5.41, 5.74) is 0.239. The van der Waals surface area contributed by atoms with E-state index in [2.05, 4.69) is 5.32 Å². The lowest BCUT2D eigenvalue weighted by molar-refractivity contribution is -0.114. The molecule has 1 N–H and O–H groups in total. The molecule has 0 unspecified atom stereocenters. The molecule has 0 fully saturated rings. The quantitative estimate of drug-likeness (QED) is 0.395. The van der Waals surface area contributed by atoms with E-state index in [4.69, 9.17) is 44.3 Å². The Bertz CT molecular complexity index is 1320. The topological polar surface area (TPSA) is 84.9 Å². The molecule has 0 saturated carbocycles. The molecule has 0 aromatic heterocycles. The summed E-state index contributed by atoms with van der Waals surface area (Å²) in [6, 6.07) is 11.7. The zero-order valence-corrected chi connectivity index (χ0v) is 20.9. The van der Waals surface area contributed by atoms with Crippen molar-refractivity contribution in [2.75, 3.05) is 30.4 Å². The first kappa shape index (κ1) is 25.9. The number of rotatable bonds is 8. The number of ether oxygens (including phenoxy) is 2. The molecule has 12 heteroatoms. The van der Waals surface area contributed by atoms with E-state index in [-0.39, 0.29) is 37.1 Å². The molecule has 180 valence electrons. The highest BCUT2D eigenvalue weighted by atomic mass is 35.5. The van der Waals surface area contributed by atoms with E-state index in [1.54, 1.807) is 0 Å². The number of nitrogens with zero attached hydrogens (tertiary/aromatic N) is 1. The number of benzene rings is 3. The van der Waals surface area contributed by atoms with Crippen molar-refractivity contribution >= 4 is 62.1 Å². The molecule has 3 aromatic rings. The van der Waals surface area contributed by atoms with E-state index in [1.807, 2.05) is 0 Å². The van der Waals surface area contributed by atoms with Crippen LogP contribution >= 0.6 is 34.8 Å². The smallest absolute Gasteiger partial charge is 0.264 e. The second-order valence-electron chi connectivity index (χ2n) is 6.83. The number of amides is 1. The van der Waals surface area contributed by atoms with Crippen LogP contribution in [-0.4, -0.2) is 35.1 Å². The first-order chi connectivity index (χ1) is 16.0. The molecule has 0 saturated heterocycles. The lowest BCUT2D eigenvalue weighted by Crippen LogP contribution is -2.38. The first-order valence-electron chi connectivity index (χ1n) is 9.51. The lowest BCUT2D eigenvalue weighted by atomic mass is 10.3.